The van der Waals surface area contributed by atoms with Crippen LogP contribution in [0, 0.1) is 0 Å². The van der Waals surface area contributed by atoms with Crippen molar-refractivity contribution in [2.24, 2.45) is 0 Å². The Morgan fingerprint density at radius 2 is 1.65 bits per heavy atom. The standard InChI is InChI=1S/C24H31N3O4/c1-26(2)20-8-6-18(7-9-20)24(29)25-19-11-13-27(14-12-19)23(28)16-17-5-10-21(30-3)22(15-17)31-4/h5-10,15,19H,11-14,16H2,1-4H3,(H,25,29). The molecule has 1 aliphatic heterocycles. The fourth-order valence-corrected chi connectivity index (χ4v) is 3.73. The Hall–Kier alpha value is -3.22. The largest absolute Gasteiger partial charge is 0.493 e. The molecule has 2 aromatic rings. The maximum Gasteiger partial charge on any atom is 0.251 e. The van der Waals surface area contributed by atoms with E-state index < -0.39 is 0 Å². The molecule has 7 nitrogen and oxygen atoms in total. The van der Waals surface area contributed by atoms with Gasteiger partial charge in [-0.15, -0.1) is 0 Å². The Bertz CT molecular complexity index is 904. The molecule has 0 bridgehead atoms. The van der Waals surface area contributed by atoms with Gasteiger partial charge in [0.1, 0.15) is 0 Å². The molecular weight excluding hydrogens is 394 g/mol. The van der Waals surface area contributed by atoms with E-state index in [0.717, 1.165) is 24.1 Å². The van der Waals surface area contributed by atoms with E-state index in [1.807, 2.05) is 66.4 Å². The molecule has 0 saturated carbocycles. The number of rotatable bonds is 7. The maximum absolute atomic E-state index is 12.7. The van der Waals surface area contributed by atoms with Crippen LogP contribution in [0.15, 0.2) is 42.5 Å². The van der Waals surface area contributed by atoms with Gasteiger partial charge < -0.3 is 24.6 Å². The molecule has 0 aromatic heterocycles. The fourth-order valence-electron chi connectivity index (χ4n) is 3.73. The van der Waals surface area contributed by atoms with Crippen LogP contribution in [0.4, 0.5) is 5.69 Å². The second kappa shape index (κ2) is 10.2. The van der Waals surface area contributed by atoms with Gasteiger partial charge in [0.25, 0.3) is 5.91 Å². The molecule has 1 heterocycles. The molecule has 1 N–H and O–H groups in total. The summed E-state index contributed by atoms with van der Waals surface area (Å²) in [6, 6.07) is 13.2. The molecule has 1 aliphatic rings. The van der Waals surface area contributed by atoms with Gasteiger partial charge in [-0.1, -0.05) is 6.07 Å². The molecule has 0 radical (unpaired) electrons. The Kier molecular flexibility index (Phi) is 7.39. The number of benzene rings is 2. The van der Waals surface area contributed by atoms with Gasteiger partial charge in [0, 0.05) is 44.5 Å². The minimum absolute atomic E-state index is 0.0691. The van der Waals surface area contributed by atoms with Gasteiger partial charge in [-0.3, -0.25) is 9.59 Å². The molecule has 166 valence electrons. The lowest BCUT2D eigenvalue weighted by Crippen LogP contribution is -2.47. The van der Waals surface area contributed by atoms with Gasteiger partial charge >= 0.3 is 0 Å². The van der Waals surface area contributed by atoms with Gasteiger partial charge in [-0.25, -0.2) is 0 Å². The summed E-state index contributed by atoms with van der Waals surface area (Å²) in [6.07, 6.45) is 1.81. The lowest BCUT2D eigenvalue weighted by molar-refractivity contribution is -0.131. The van der Waals surface area contributed by atoms with Crippen LogP contribution in [0.3, 0.4) is 0 Å². The van der Waals surface area contributed by atoms with E-state index in [1.54, 1.807) is 14.2 Å². The van der Waals surface area contributed by atoms with Crippen molar-refractivity contribution in [3.63, 3.8) is 0 Å². The number of methoxy groups -OCH3 is 2. The van der Waals surface area contributed by atoms with Crippen molar-refractivity contribution in [1.82, 2.24) is 10.2 Å². The summed E-state index contributed by atoms with van der Waals surface area (Å²) in [5, 5.41) is 3.10. The van der Waals surface area contributed by atoms with Gasteiger partial charge in [-0.05, 0) is 54.8 Å². The number of likely N-dealkylation sites (tertiary alicyclic amines) is 1. The predicted octanol–water partition coefficient (Wildman–Crippen LogP) is 2.73. The summed E-state index contributed by atoms with van der Waals surface area (Å²) in [5.41, 5.74) is 2.59. The van der Waals surface area contributed by atoms with Crippen LogP contribution >= 0.6 is 0 Å². The molecule has 0 aliphatic carbocycles. The van der Waals surface area contributed by atoms with Crippen molar-refractivity contribution in [1.29, 1.82) is 0 Å². The average Bonchev–Trinajstić information content (AvgIpc) is 2.79. The van der Waals surface area contributed by atoms with Crippen LogP contribution in [0.25, 0.3) is 0 Å². The quantitative estimate of drug-likeness (QED) is 0.739. The van der Waals surface area contributed by atoms with Crippen molar-refractivity contribution in [2.75, 3.05) is 46.3 Å². The number of carbonyl (C=O) groups is 2. The van der Waals surface area contributed by atoms with Crippen LogP contribution in [0.5, 0.6) is 11.5 Å². The Morgan fingerprint density at radius 1 is 1.00 bits per heavy atom. The highest BCUT2D eigenvalue weighted by Crippen LogP contribution is 2.28. The fraction of sp³-hybridized carbons (Fsp3) is 0.417. The predicted molar refractivity (Wildman–Crippen MR) is 121 cm³/mol. The first-order valence-corrected chi connectivity index (χ1v) is 10.5. The van der Waals surface area contributed by atoms with Crippen LogP contribution < -0.4 is 19.7 Å². The van der Waals surface area contributed by atoms with Crippen molar-refractivity contribution in [3.8, 4) is 11.5 Å². The number of ether oxygens (including phenoxy) is 2. The maximum atomic E-state index is 12.7. The van der Waals surface area contributed by atoms with Gasteiger partial charge in [0.15, 0.2) is 11.5 Å². The molecule has 1 fully saturated rings. The first-order valence-electron chi connectivity index (χ1n) is 10.5. The number of amides is 2. The highest BCUT2D eigenvalue weighted by atomic mass is 16.5. The summed E-state index contributed by atoms with van der Waals surface area (Å²) in [4.78, 5) is 29.1. The first-order chi connectivity index (χ1) is 14.9. The minimum atomic E-state index is -0.0691. The minimum Gasteiger partial charge on any atom is -0.493 e. The summed E-state index contributed by atoms with van der Waals surface area (Å²) < 4.78 is 10.6. The zero-order valence-corrected chi connectivity index (χ0v) is 18.7. The third kappa shape index (κ3) is 5.69. The Balaban J connectivity index is 1.49. The lowest BCUT2D eigenvalue weighted by atomic mass is 10.0. The molecular formula is C24H31N3O4. The van der Waals surface area contributed by atoms with Crippen molar-refractivity contribution < 1.29 is 19.1 Å². The number of piperidine rings is 1. The van der Waals surface area contributed by atoms with E-state index in [9.17, 15) is 9.59 Å². The summed E-state index contributed by atoms with van der Waals surface area (Å²) in [7, 11) is 7.11. The van der Waals surface area contributed by atoms with E-state index >= 15 is 0 Å². The molecule has 0 atom stereocenters. The molecule has 2 amide bonds. The number of hydrogen-bond donors (Lipinski definition) is 1. The number of anilines is 1. The molecule has 3 rings (SSSR count). The smallest absolute Gasteiger partial charge is 0.251 e. The summed E-state index contributed by atoms with van der Waals surface area (Å²) >= 11 is 0. The van der Waals surface area contributed by atoms with E-state index in [1.165, 1.54) is 0 Å². The number of nitrogens with zero attached hydrogens (tertiary/aromatic N) is 2. The number of carbonyl (C=O) groups excluding carboxylic acids is 2. The normalized spacial score (nSPS) is 14.1. The van der Waals surface area contributed by atoms with E-state index in [4.69, 9.17) is 9.47 Å². The molecule has 0 spiro atoms. The van der Waals surface area contributed by atoms with Crippen molar-refractivity contribution in [2.45, 2.75) is 25.3 Å². The van der Waals surface area contributed by atoms with E-state index in [0.29, 0.717) is 36.6 Å². The Morgan fingerprint density at radius 3 is 2.23 bits per heavy atom. The van der Waals surface area contributed by atoms with Crippen LogP contribution in [-0.2, 0) is 11.2 Å². The molecule has 7 heteroatoms. The zero-order chi connectivity index (χ0) is 22.4. The molecule has 2 aromatic carbocycles. The van der Waals surface area contributed by atoms with Crippen LogP contribution in [0.1, 0.15) is 28.8 Å². The van der Waals surface area contributed by atoms with Crippen molar-refractivity contribution >= 4 is 17.5 Å². The summed E-state index contributed by atoms with van der Waals surface area (Å²) in [6.45, 7) is 1.27. The topological polar surface area (TPSA) is 71.1 Å². The molecule has 0 unspecified atom stereocenters. The number of nitrogens with one attached hydrogen (secondary N) is 1. The van der Waals surface area contributed by atoms with Crippen molar-refractivity contribution in [3.05, 3.63) is 53.6 Å². The second-order valence-electron chi connectivity index (χ2n) is 7.94. The zero-order valence-electron chi connectivity index (χ0n) is 18.7. The SMILES string of the molecule is COc1ccc(CC(=O)N2CCC(NC(=O)c3ccc(N(C)C)cc3)CC2)cc1OC. The third-order valence-electron chi connectivity index (χ3n) is 5.63. The lowest BCUT2D eigenvalue weighted by Gasteiger charge is -2.32. The Labute approximate surface area is 183 Å². The number of hydrogen-bond acceptors (Lipinski definition) is 5. The van der Waals surface area contributed by atoms with Gasteiger partial charge in [0.2, 0.25) is 5.91 Å². The highest BCUT2D eigenvalue weighted by molar-refractivity contribution is 5.94. The summed E-state index contributed by atoms with van der Waals surface area (Å²) in [5.74, 6) is 1.27. The monoisotopic (exact) mass is 425 g/mol. The first kappa shape index (κ1) is 22.5. The van der Waals surface area contributed by atoms with E-state index in [2.05, 4.69) is 5.32 Å². The van der Waals surface area contributed by atoms with Gasteiger partial charge in [0.05, 0.1) is 20.6 Å². The average molecular weight is 426 g/mol. The molecule has 1 saturated heterocycles. The third-order valence-corrected chi connectivity index (χ3v) is 5.63. The molecule has 31 heavy (non-hydrogen) atoms. The van der Waals surface area contributed by atoms with Crippen LogP contribution in [-0.4, -0.2) is 64.2 Å². The highest BCUT2D eigenvalue weighted by Gasteiger charge is 2.24. The van der Waals surface area contributed by atoms with Crippen LogP contribution in [0.2, 0.25) is 0 Å². The second-order valence-corrected chi connectivity index (χ2v) is 7.94. The van der Waals surface area contributed by atoms with E-state index in [-0.39, 0.29) is 17.9 Å². The van der Waals surface area contributed by atoms with Gasteiger partial charge in [-0.2, -0.15) is 0 Å².